The van der Waals surface area contributed by atoms with Gasteiger partial charge in [-0.2, -0.15) is 0 Å². The van der Waals surface area contributed by atoms with Gasteiger partial charge in [0, 0.05) is 11.8 Å². The molecule has 1 N–H and O–H groups in total. The number of ether oxygens (including phenoxy) is 9. The van der Waals surface area contributed by atoms with Crippen molar-refractivity contribution in [3.8, 4) is 0 Å². The molecule has 0 amide bonds. The Morgan fingerprint density at radius 3 is 1.68 bits per heavy atom. The number of hydrogen-bond acceptors (Lipinski definition) is 12. The third-order valence-electron chi connectivity index (χ3n) is 9.79. The number of benzene rings is 4. The lowest BCUT2D eigenvalue weighted by atomic mass is 9.95. The van der Waals surface area contributed by atoms with Crippen LogP contribution in [0, 0.1) is 0 Å². The zero-order valence-corrected chi connectivity index (χ0v) is 32.9. The molecule has 10 atom stereocenters. The van der Waals surface area contributed by atoms with Gasteiger partial charge in [-0.25, -0.2) is 0 Å². The Morgan fingerprint density at radius 2 is 1.17 bits per heavy atom. The predicted octanol–water partition coefficient (Wildman–Crippen LogP) is 6.60. The monoisotopic (exact) mass is 809 g/mol. The second-order valence-corrected chi connectivity index (χ2v) is 14.1. The van der Waals surface area contributed by atoms with Crippen molar-refractivity contribution in [2.45, 2.75) is 94.7 Å². The molecule has 0 aromatic heterocycles. The Kier molecular flexibility index (Phi) is 17.0. The predicted molar refractivity (Wildman–Crippen MR) is 215 cm³/mol. The highest BCUT2D eigenvalue weighted by atomic mass is 16.8. The van der Waals surface area contributed by atoms with Crippen molar-refractivity contribution in [1.29, 1.82) is 0 Å². The molecule has 4 aromatic rings. The number of carbonyl (C=O) groups excluding carboxylic acids is 1. The van der Waals surface area contributed by atoms with E-state index in [0.29, 0.717) is 0 Å². The van der Waals surface area contributed by atoms with E-state index in [9.17, 15) is 15.4 Å². The first-order valence-corrected chi connectivity index (χ1v) is 19.6. The lowest BCUT2D eigenvalue weighted by Gasteiger charge is -2.49. The third-order valence-corrected chi connectivity index (χ3v) is 9.79. The van der Waals surface area contributed by atoms with Crippen LogP contribution >= 0.6 is 0 Å². The average molecular weight is 810 g/mol. The van der Waals surface area contributed by atoms with Crippen LogP contribution in [0.15, 0.2) is 139 Å². The molecule has 6 rings (SSSR count). The van der Waals surface area contributed by atoms with Crippen LogP contribution in [0.5, 0.6) is 0 Å². The van der Waals surface area contributed by atoms with E-state index in [2.05, 4.69) is 16.6 Å². The number of esters is 1. The normalized spacial score (nSPS) is 26.7. The first-order valence-electron chi connectivity index (χ1n) is 19.6. The van der Waals surface area contributed by atoms with Crippen LogP contribution in [0.2, 0.25) is 0 Å². The third kappa shape index (κ3) is 12.8. The lowest BCUT2D eigenvalue weighted by Crippen LogP contribution is -2.65. The Balaban J connectivity index is 1.38. The molecule has 4 aromatic carbocycles. The second-order valence-electron chi connectivity index (χ2n) is 14.1. The van der Waals surface area contributed by atoms with Gasteiger partial charge in [-0.15, -0.1) is 6.58 Å². The Hall–Kier alpha value is -4.96. The van der Waals surface area contributed by atoms with Crippen molar-refractivity contribution < 1.29 is 52.5 Å². The molecule has 59 heavy (non-hydrogen) atoms. The average Bonchev–Trinajstić information content (AvgIpc) is 3.26. The Morgan fingerprint density at radius 1 is 0.678 bits per heavy atom. The van der Waals surface area contributed by atoms with Crippen LogP contribution in [-0.2, 0) is 73.9 Å². The number of nitrogens with zero attached hydrogens (tertiary/aromatic N) is 3. The van der Waals surface area contributed by atoms with Gasteiger partial charge in [-0.3, -0.25) is 4.79 Å². The summed E-state index contributed by atoms with van der Waals surface area (Å²) in [5.41, 5.74) is 13.4. The number of aliphatic hydroxyl groups is 1. The minimum atomic E-state index is -1.32. The highest BCUT2D eigenvalue weighted by molar-refractivity contribution is 5.65. The van der Waals surface area contributed by atoms with Crippen molar-refractivity contribution in [2.75, 3.05) is 19.8 Å². The zero-order valence-electron chi connectivity index (χ0n) is 32.9. The fraction of sp³-hybridized carbons (Fsp3) is 0.400. The molecule has 14 nitrogen and oxygen atoms in total. The SMILES string of the molecule is C=CCO[C@H]1O[C@H](COCc2ccccc2)[C@@H](O[C@@H]2O[C@H](COC(C)=O)[C@@H](O)[C@H](OCc3ccccc3)[C@H]2OCc2ccccc2)[C@H](OCc2ccccc2)[C@H]1N=[N+]=[N-]. The molecule has 0 radical (unpaired) electrons. The summed E-state index contributed by atoms with van der Waals surface area (Å²) in [6, 6.07) is 37.1. The number of rotatable bonds is 21. The van der Waals surface area contributed by atoms with Gasteiger partial charge in [0.05, 0.1) is 39.6 Å². The lowest BCUT2D eigenvalue weighted by molar-refractivity contribution is -0.360. The fourth-order valence-corrected chi connectivity index (χ4v) is 6.89. The maximum Gasteiger partial charge on any atom is 0.302 e. The number of azide groups is 1. The van der Waals surface area contributed by atoms with E-state index >= 15 is 0 Å². The van der Waals surface area contributed by atoms with Crippen LogP contribution in [0.1, 0.15) is 29.2 Å². The van der Waals surface area contributed by atoms with E-state index in [4.69, 9.17) is 42.6 Å². The molecule has 2 heterocycles. The smallest absolute Gasteiger partial charge is 0.302 e. The largest absolute Gasteiger partial charge is 0.463 e. The van der Waals surface area contributed by atoms with Gasteiger partial charge in [0.25, 0.3) is 0 Å². The molecule has 0 unspecified atom stereocenters. The van der Waals surface area contributed by atoms with E-state index in [1.54, 1.807) is 6.08 Å². The molecule has 2 aliphatic rings. The standard InChI is InChI=1S/C45H51N3O11/c1-3-24-52-44-38(47-48-46)41(54-26-33-18-10-5-11-19-33)40(37(58-44)29-51-25-32-16-8-4-9-17-32)59-45-43(56-28-35-22-14-7-15-23-35)42(55-27-34-20-12-6-13-21-34)39(50)36(57-45)30-53-31(2)49/h3-23,36-45,50H,1,24-30H2,2H3/t36-,37-,38-,39-,40-,41-,42+,43-,44+,45+/m1/s1. The van der Waals surface area contributed by atoms with E-state index in [1.807, 2.05) is 121 Å². The highest BCUT2D eigenvalue weighted by Crippen LogP contribution is 2.35. The topological polar surface area (TPSA) is 169 Å². The van der Waals surface area contributed by atoms with E-state index in [1.165, 1.54) is 6.92 Å². The van der Waals surface area contributed by atoms with E-state index in [0.717, 1.165) is 22.3 Å². The quantitative estimate of drug-likeness (QED) is 0.0317. The Labute approximate surface area is 344 Å². The summed E-state index contributed by atoms with van der Waals surface area (Å²) in [7, 11) is 0. The van der Waals surface area contributed by atoms with Gasteiger partial charge in [-0.05, 0) is 27.8 Å². The van der Waals surface area contributed by atoms with Crippen molar-refractivity contribution in [3.05, 3.63) is 167 Å². The van der Waals surface area contributed by atoms with Crippen molar-refractivity contribution in [3.63, 3.8) is 0 Å². The van der Waals surface area contributed by atoms with Crippen LogP contribution in [0.4, 0.5) is 0 Å². The second kappa shape index (κ2) is 23.0. The van der Waals surface area contributed by atoms with Crippen LogP contribution in [-0.4, -0.2) is 92.2 Å². The van der Waals surface area contributed by atoms with Gasteiger partial charge in [0.15, 0.2) is 12.6 Å². The van der Waals surface area contributed by atoms with E-state index < -0.39 is 67.3 Å². The molecule has 0 saturated carbocycles. The summed E-state index contributed by atoms with van der Waals surface area (Å²) in [5.74, 6) is -0.559. The molecule has 14 heteroatoms. The summed E-state index contributed by atoms with van der Waals surface area (Å²) in [6.07, 6.45) is -8.26. The summed E-state index contributed by atoms with van der Waals surface area (Å²) in [4.78, 5) is 15.2. The Bertz CT molecular complexity index is 1890. The molecular formula is C45H51N3O11. The van der Waals surface area contributed by atoms with Gasteiger partial charge in [-0.1, -0.05) is 133 Å². The van der Waals surface area contributed by atoms with Crippen LogP contribution in [0.3, 0.4) is 0 Å². The molecule has 2 saturated heterocycles. The molecule has 2 fully saturated rings. The molecule has 0 bridgehead atoms. The van der Waals surface area contributed by atoms with Crippen LogP contribution < -0.4 is 0 Å². The molecule has 0 aliphatic carbocycles. The van der Waals surface area contributed by atoms with Gasteiger partial charge < -0.3 is 47.7 Å². The first kappa shape index (κ1) is 43.6. The first-order chi connectivity index (χ1) is 28.9. The molecule has 2 aliphatic heterocycles. The van der Waals surface area contributed by atoms with Crippen molar-refractivity contribution in [1.82, 2.24) is 0 Å². The molecule has 312 valence electrons. The summed E-state index contributed by atoms with van der Waals surface area (Å²) in [6.45, 7) is 5.44. The number of aliphatic hydroxyl groups excluding tert-OH is 1. The van der Waals surface area contributed by atoms with Crippen molar-refractivity contribution >= 4 is 5.97 Å². The maximum atomic E-state index is 12.0. The fourth-order valence-electron chi connectivity index (χ4n) is 6.89. The highest BCUT2D eigenvalue weighted by Gasteiger charge is 2.53. The van der Waals surface area contributed by atoms with Crippen LogP contribution in [0.25, 0.3) is 10.4 Å². The maximum absolute atomic E-state index is 12.0. The zero-order chi connectivity index (χ0) is 41.2. The molecule has 0 spiro atoms. The van der Waals surface area contributed by atoms with E-state index in [-0.39, 0.29) is 46.2 Å². The summed E-state index contributed by atoms with van der Waals surface area (Å²) in [5, 5.41) is 16.0. The summed E-state index contributed by atoms with van der Waals surface area (Å²) < 4.78 is 57.4. The van der Waals surface area contributed by atoms with Gasteiger partial charge in [0.2, 0.25) is 0 Å². The van der Waals surface area contributed by atoms with Gasteiger partial charge in [0.1, 0.15) is 55.4 Å². The minimum absolute atomic E-state index is 0.00259. The molecular weight excluding hydrogens is 759 g/mol. The number of hydrogen-bond donors (Lipinski definition) is 1. The number of carbonyl (C=O) groups is 1. The minimum Gasteiger partial charge on any atom is -0.463 e. The van der Waals surface area contributed by atoms with Crippen molar-refractivity contribution in [2.24, 2.45) is 5.11 Å². The summed E-state index contributed by atoms with van der Waals surface area (Å²) >= 11 is 0. The van der Waals surface area contributed by atoms with Gasteiger partial charge >= 0.3 is 5.97 Å².